The molecule has 4 amide bonds. The van der Waals surface area contributed by atoms with E-state index in [1.807, 2.05) is 26.1 Å². The van der Waals surface area contributed by atoms with Crippen molar-refractivity contribution in [3.05, 3.63) is 82.5 Å². The molecule has 0 saturated heterocycles. The number of carbonyl (C=O) groups is 4. The molecule has 2 aromatic carbocycles. The lowest BCUT2D eigenvalue weighted by Crippen LogP contribution is -2.20. The molecule has 0 spiro atoms. The second-order valence-electron chi connectivity index (χ2n) is 13.2. The molecule has 6 aromatic rings. The van der Waals surface area contributed by atoms with Crippen LogP contribution < -0.4 is 36.9 Å². The first-order chi connectivity index (χ1) is 27.3. The van der Waals surface area contributed by atoms with Gasteiger partial charge in [-0.15, -0.1) is 0 Å². The smallest absolute Gasteiger partial charge is 0.276 e. The third-order valence-corrected chi connectivity index (χ3v) is 9.20. The minimum absolute atomic E-state index is 0.172. The number of nitrogens with two attached hydrogens (primary N) is 2. The molecule has 298 valence electrons. The average Bonchev–Trinajstić information content (AvgIpc) is 3.93. The molecule has 4 heterocycles. The number of rotatable bonds is 17. The number of ether oxygens (including phenoxy) is 2. The van der Waals surface area contributed by atoms with Crippen LogP contribution in [-0.2, 0) is 26.7 Å². The van der Waals surface area contributed by atoms with Gasteiger partial charge in [-0.25, -0.2) is 9.97 Å². The van der Waals surface area contributed by atoms with Crippen LogP contribution in [0, 0.1) is 13.8 Å². The van der Waals surface area contributed by atoms with Gasteiger partial charge in [-0.1, -0.05) is 12.2 Å². The molecule has 7 N–H and O–H groups in total. The largest absolute Gasteiger partial charge is 0.494 e. The monoisotopic (exact) mass is 779 g/mol. The Hall–Kier alpha value is -7.02. The van der Waals surface area contributed by atoms with Gasteiger partial charge in [0, 0.05) is 37.8 Å². The molecule has 0 aliphatic heterocycles. The van der Waals surface area contributed by atoms with Gasteiger partial charge >= 0.3 is 0 Å². The van der Waals surface area contributed by atoms with Crippen LogP contribution in [0.2, 0.25) is 0 Å². The average molecular weight is 780 g/mol. The molecule has 19 heteroatoms. The van der Waals surface area contributed by atoms with E-state index in [2.05, 4.69) is 31.1 Å². The van der Waals surface area contributed by atoms with Crippen LogP contribution in [0.5, 0.6) is 11.5 Å². The molecule has 0 bridgehead atoms. The van der Waals surface area contributed by atoms with Crippen molar-refractivity contribution in [3.8, 4) is 11.5 Å². The van der Waals surface area contributed by atoms with Gasteiger partial charge in [-0.3, -0.25) is 39.2 Å². The van der Waals surface area contributed by atoms with E-state index in [1.54, 1.807) is 59.1 Å². The molecule has 0 unspecified atom stereocenters. The summed E-state index contributed by atoms with van der Waals surface area (Å²) in [4.78, 5) is 61.1. The number of benzene rings is 2. The zero-order chi connectivity index (χ0) is 41.0. The molecule has 19 nitrogen and oxygen atoms in total. The minimum Gasteiger partial charge on any atom is -0.494 e. The summed E-state index contributed by atoms with van der Waals surface area (Å²) >= 11 is 0. The molecule has 4 aromatic heterocycles. The van der Waals surface area contributed by atoms with Crippen LogP contribution in [-0.4, -0.2) is 89.6 Å². The lowest BCUT2D eigenvalue weighted by molar-refractivity contribution is 0.0991. The van der Waals surface area contributed by atoms with E-state index in [9.17, 15) is 19.2 Å². The maximum atomic E-state index is 13.6. The van der Waals surface area contributed by atoms with E-state index in [0.717, 1.165) is 0 Å². The van der Waals surface area contributed by atoms with E-state index >= 15 is 0 Å². The maximum absolute atomic E-state index is 13.6. The lowest BCUT2D eigenvalue weighted by atomic mass is 10.1. The number of allylic oxidation sites excluding steroid dienone is 2. The van der Waals surface area contributed by atoms with Crippen LogP contribution in [0.1, 0.15) is 66.3 Å². The number of imidazole rings is 2. The number of fused-ring (bicyclic) bond motifs is 2. The summed E-state index contributed by atoms with van der Waals surface area (Å²) in [7, 11) is 4.97. The fraction of sp³-hybridized carbons (Fsp3) is 0.316. The normalized spacial score (nSPS) is 11.5. The van der Waals surface area contributed by atoms with E-state index < -0.39 is 23.6 Å². The van der Waals surface area contributed by atoms with Crippen molar-refractivity contribution in [2.45, 2.75) is 46.8 Å². The Bertz CT molecular complexity index is 2520. The molecule has 0 fully saturated rings. The first-order valence-corrected chi connectivity index (χ1v) is 18.1. The van der Waals surface area contributed by atoms with Crippen molar-refractivity contribution in [3.63, 3.8) is 0 Å². The number of primary amides is 2. The van der Waals surface area contributed by atoms with Crippen LogP contribution in [0.3, 0.4) is 0 Å². The predicted octanol–water partition coefficient (Wildman–Crippen LogP) is 2.91. The van der Waals surface area contributed by atoms with Gasteiger partial charge in [0.25, 0.3) is 11.8 Å². The van der Waals surface area contributed by atoms with Gasteiger partial charge in [-0.05, 0) is 76.7 Å². The number of nitrogens with zero attached hydrogens (tertiary/aromatic N) is 8. The van der Waals surface area contributed by atoms with Gasteiger partial charge in [0.1, 0.15) is 33.9 Å². The Balaban J connectivity index is 1.41. The van der Waals surface area contributed by atoms with Crippen LogP contribution in [0.25, 0.3) is 22.1 Å². The second kappa shape index (κ2) is 16.8. The summed E-state index contributed by atoms with van der Waals surface area (Å²) in [5, 5.41) is 17.5. The first-order valence-electron chi connectivity index (χ1n) is 18.1. The highest BCUT2D eigenvalue weighted by atomic mass is 16.5. The Labute approximate surface area is 327 Å². The molecule has 0 saturated carbocycles. The van der Waals surface area contributed by atoms with E-state index in [-0.39, 0.29) is 36.1 Å². The SMILES string of the molecule is CCn1nc(C)cc1C(=O)Nc1nc2cc(C(N)=O)cc(OC)c2n1C/C=C/Cn1c(NC(=O)c2c(C)cnn2C)nc2cc(C(N)=O)cc(OCCCNC)c21. The summed E-state index contributed by atoms with van der Waals surface area (Å²) in [6, 6.07) is 7.85. The molecule has 0 aliphatic carbocycles. The molecule has 0 atom stereocenters. The standard InChI is InChI=1S/C38H45N13O6/c1-7-51-27(15-22(3)47-51)35(54)45-37-43-25-16-23(33(39)52)18-28(56-6)31(25)49(37)12-8-9-13-50-32-26(17-24(34(40)53)19-29(32)57-14-10-11-41-4)44-38(50)46-36(55)30-21(2)20-42-48(30)5/h8-9,15-20,41H,7,10-14H2,1-6H3,(H2,39,52)(H2,40,53)(H,43,45,54)(H,44,46,55)/b9-8+. The number of nitrogens with one attached hydrogen (secondary N) is 3. The number of methoxy groups -OCH3 is 1. The van der Waals surface area contributed by atoms with Gasteiger partial charge in [0.05, 0.1) is 36.6 Å². The second-order valence-corrected chi connectivity index (χ2v) is 13.2. The molecular formula is C38H45N13O6. The van der Waals surface area contributed by atoms with E-state index in [0.29, 0.717) is 82.3 Å². The Kier molecular flexibility index (Phi) is 11.7. The topological polar surface area (TPSA) is 246 Å². The highest BCUT2D eigenvalue weighted by Gasteiger charge is 2.24. The lowest BCUT2D eigenvalue weighted by Gasteiger charge is -2.13. The quantitative estimate of drug-likeness (QED) is 0.0665. The summed E-state index contributed by atoms with van der Waals surface area (Å²) in [6.07, 6.45) is 5.96. The fourth-order valence-corrected chi connectivity index (χ4v) is 6.52. The summed E-state index contributed by atoms with van der Waals surface area (Å²) in [6.45, 7) is 7.32. The van der Waals surface area contributed by atoms with E-state index in [4.69, 9.17) is 25.9 Å². The molecule has 57 heavy (non-hydrogen) atoms. The van der Waals surface area contributed by atoms with Crippen molar-refractivity contribution < 1.29 is 28.7 Å². The van der Waals surface area contributed by atoms with Crippen LogP contribution in [0.4, 0.5) is 11.9 Å². The molecule has 0 radical (unpaired) electrons. The zero-order valence-electron chi connectivity index (χ0n) is 32.5. The number of anilines is 2. The maximum Gasteiger partial charge on any atom is 0.276 e. The van der Waals surface area contributed by atoms with Crippen molar-refractivity contribution in [2.24, 2.45) is 18.5 Å². The predicted molar refractivity (Wildman–Crippen MR) is 213 cm³/mol. The van der Waals surface area contributed by atoms with Gasteiger partial charge in [-0.2, -0.15) is 10.2 Å². The highest BCUT2D eigenvalue weighted by molar-refractivity contribution is 6.06. The van der Waals surface area contributed by atoms with Crippen molar-refractivity contribution in [1.29, 1.82) is 0 Å². The first kappa shape index (κ1) is 39.7. The number of amides is 4. The molecular weight excluding hydrogens is 735 g/mol. The van der Waals surface area contributed by atoms with E-state index in [1.165, 1.54) is 23.9 Å². The van der Waals surface area contributed by atoms with Gasteiger partial charge < -0.3 is 35.4 Å². The number of hydrogen-bond acceptors (Lipinski definition) is 11. The Morgan fingerprint density at radius 2 is 1.42 bits per heavy atom. The number of carbonyl (C=O) groups excluding carboxylic acids is 4. The minimum atomic E-state index is -0.667. The van der Waals surface area contributed by atoms with Crippen molar-refractivity contribution in [2.75, 3.05) is 37.9 Å². The summed E-state index contributed by atoms with van der Waals surface area (Å²) in [5.41, 5.74) is 15.5. The third kappa shape index (κ3) is 8.18. The third-order valence-electron chi connectivity index (χ3n) is 9.20. The molecule has 6 rings (SSSR count). The van der Waals surface area contributed by atoms with Crippen LogP contribution in [0.15, 0.2) is 48.7 Å². The van der Waals surface area contributed by atoms with Crippen LogP contribution >= 0.6 is 0 Å². The molecule has 0 aliphatic rings. The Morgan fingerprint density at radius 3 is 1.95 bits per heavy atom. The highest BCUT2D eigenvalue weighted by Crippen LogP contribution is 2.33. The Morgan fingerprint density at radius 1 is 0.842 bits per heavy atom. The summed E-state index contributed by atoms with van der Waals surface area (Å²) in [5.74, 6) is -1.15. The fourth-order valence-electron chi connectivity index (χ4n) is 6.52. The van der Waals surface area contributed by atoms with Crippen molar-refractivity contribution >= 4 is 57.6 Å². The van der Waals surface area contributed by atoms with Gasteiger partial charge in [0.15, 0.2) is 0 Å². The van der Waals surface area contributed by atoms with Gasteiger partial charge in [0.2, 0.25) is 23.7 Å². The number of hydrogen-bond donors (Lipinski definition) is 5. The number of aryl methyl sites for hydroxylation is 4. The van der Waals surface area contributed by atoms with Crippen molar-refractivity contribution in [1.82, 2.24) is 44.0 Å². The number of aromatic nitrogens is 8. The summed E-state index contributed by atoms with van der Waals surface area (Å²) < 4.78 is 18.4. The zero-order valence-corrected chi connectivity index (χ0v) is 32.5.